The quantitative estimate of drug-likeness (QED) is 0.902. The summed E-state index contributed by atoms with van der Waals surface area (Å²) >= 11 is 3.42. The SMILES string of the molecule is CC(C(=O)O)C(C)c1ccccc1Br. The molecule has 2 unspecified atom stereocenters. The molecule has 3 heteroatoms. The lowest BCUT2D eigenvalue weighted by atomic mass is 9.89. The van der Waals surface area contributed by atoms with Gasteiger partial charge in [-0.05, 0) is 17.5 Å². The van der Waals surface area contributed by atoms with Gasteiger partial charge in [-0.1, -0.05) is 48.0 Å². The Bertz CT molecular complexity index is 336. The molecule has 0 fully saturated rings. The van der Waals surface area contributed by atoms with Crippen LogP contribution in [0.3, 0.4) is 0 Å². The first kappa shape index (κ1) is 11.2. The molecular weight excluding hydrogens is 244 g/mol. The van der Waals surface area contributed by atoms with Gasteiger partial charge >= 0.3 is 5.97 Å². The van der Waals surface area contributed by atoms with Crippen molar-refractivity contribution in [2.45, 2.75) is 19.8 Å². The summed E-state index contributed by atoms with van der Waals surface area (Å²) in [6.07, 6.45) is 0. The van der Waals surface area contributed by atoms with Crippen LogP contribution in [0.25, 0.3) is 0 Å². The first-order chi connectivity index (χ1) is 6.54. The summed E-state index contributed by atoms with van der Waals surface area (Å²) in [6, 6.07) is 7.73. The fourth-order valence-corrected chi connectivity index (χ4v) is 1.97. The van der Waals surface area contributed by atoms with E-state index in [9.17, 15) is 4.79 Å². The normalized spacial score (nSPS) is 14.8. The summed E-state index contributed by atoms with van der Waals surface area (Å²) in [7, 11) is 0. The molecule has 0 bridgehead atoms. The molecule has 0 heterocycles. The third-order valence-electron chi connectivity index (χ3n) is 2.54. The fraction of sp³-hybridized carbons (Fsp3) is 0.364. The van der Waals surface area contributed by atoms with E-state index in [2.05, 4.69) is 15.9 Å². The largest absolute Gasteiger partial charge is 0.481 e. The van der Waals surface area contributed by atoms with Gasteiger partial charge in [-0.2, -0.15) is 0 Å². The maximum Gasteiger partial charge on any atom is 0.306 e. The lowest BCUT2D eigenvalue weighted by Crippen LogP contribution is -2.16. The van der Waals surface area contributed by atoms with E-state index in [0.29, 0.717) is 0 Å². The second-order valence-corrected chi connectivity index (χ2v) is 4.29. The van der Waals surface area contributed by atoms with Crippen LogP contribution in [0.1, 0.15) is 25.3 Å². The van der Waals surface area contributed by atoms with Crippen molar-refractivity contribution >= 4 is 21.9 Å². The number of hydrogen-bond acceptors (Lipinski definition) is 1. The molecule has 0 radical (unpaired) electrons. The third-order valence-corrected chi connectivity index (χ3v) is 3.26. The highest BCUT2D eigenvalue weighted by Gasteiger charge is 2.21. The Morgan fingerprint density at radius 2 is 1.93 bits per heavy atom. The minimum absolute atomic E-state index is 0.0167. The lowest BCUT2D eigenvalue weighted by Gasteiger charge is -2.17. The van der Waals surface area contributed by atoms with Crippen LogP contribution in [0, 0.1) is 5.92 Å². The zero-order valence-electron chi connectivity index (χ0n) is 8.20. The highest BCUT2D eigenvalue weighted by Crippen LogP contribution is 2.29. The van der Waals surface area contributed by atoms with E-state index in [-0.39, 0.29) is 11.8 Å². The number of rotatable bonds is 3. The third kappa shape index (κ3) is 2.35. The fourth-order valence-electron chi connectivity index (χ4n) is 1.33. The molecule has 0 aliphatic rings. The molecule has 1 rings (SSSR count). The molecule has 2 nitrogen and oxygen atoms in total. The van der Waals surface area contributed by atoms with Crippen molar-refractivity contribution in [1.82, 2.24) is 0 Å². The van der Waals surface area contributed by atoms with Crippen LogP contribution in [-0.4, -0.2) is 11.1 Å². The second-order valence-electron chi connectivity index (χ2n) is 3.44. The van der Waals surface area contributed by atoms with Crippen molar-refractivity contribution in [3.8, 4) is 0 Å². The number of carboxylic acid groups (broad SMARTS) is 1. The van der Waals surface area contributed by atoms with E-state index in [1.807, 2.05) is 31.2 Å². The monoisotopic (exact) mass is 256 g/mol. The van der Waals surface area contributed by atoms with E-state index in [1.165, 1.54) is 0 Å². The number of halogens is 1. The van der Waals surface area contributed by atoms with Crippen molar-refractivity contribution < 1.29 is 9.90 Å². The first-order valence-corrected chi connectivity index (χ1v) is 5.30. The van der Waals surface area contributed by atoms with Crippen molar-refractivity contribution in [2.24, 2.45) is 5.92 Å². The predicted molar refractivity (Wildman–Crippen MR) is 59.4 cm³/mol. The van der Waals surface area contributed by atoms with Crippen LogP contribution < -0.4 is 0 Å². The molecule has 0 aliphatic carbocycles. The summed E-state index contributed by atoms with van der Waals surface area (Å²) in [6.45, 7) is 3.66. The lowest BCUT2D eigenvalue weighted by molar-refractivity contribution is -0.141. The summed E-state index contributed by atoms with van der Waals surface area (Å²) in [4.78, 5) is 10.8. The molecule has 0 saturated carbocycles. The van der Waals surface area contributed by atoms with Gasteiger partial charge in [-0.3, -0.25) is 4.79 Å². The molecule has 0 saturated heterocycles. The maximum atomic E-state index is 10.8. The van der Waals surface area contributed by atoms with Gasteiger partial charge in [0.2, 0.25) is 0 Å². The Kier molecular flexibility index (Phi) is 3.69. The molecule has 1 aromatic carbocycles. The van der Waals surface area contributed by atoms with E-state index in [1.54, 1.807) is 6.92 Å². The van der Waals surface area contributed by atoms with E-state index in [4.69, 9.17) is 5.11 Å². The molecule has 0 aromatic heterocycles. The zero-order valence-corrected chi connectivity index (χ0v) is 9.78. The molecule has 1 N–H and O–H groups in total. The van der Waals surface area contributed by atoms with Crippen LogP contribution in [0.5, 0.6) is 0 Å². The molecule has 14 heavy (non-hydrogen) atoms. The number of hydrogen-bond donors (Lipinski definition) is 1. The van der Waals surface area contributed by atoms with Crippen molar-refractivity contribution in [3.05, 3.63) is 34.3 Å². The summed E-state index contributed by atoms with van der Waals surface area (Å²) in [5.74, 6) is -1.11. The zero-order chi connectivity index (χ0) is 10.7. The Labute approximate surface area is 92.1 Å². The summed E-state index contributed by atoms with van der Waals surface area (Å²) < 4.78 is 0.973. The van der Waals surface area contributed by atoms with Crippen LogP contribution in [0.15, 0.2) is 28.7 Å². The van der Waals surface area contributed by atoms with Gasteiger partial charge in [0.05, 0.1) is 5.92 Å². The van der Waals surface area contributed by atoms with Crippen LogP contribution in [-0.2, 0) is 4.79 Å². The number of carbonyl (C=O) groups is 1. The van der Waals surface area contributed by atoms with Crippen LogP contribution in [0.2, 0.25) is 0 Å². The van der Waals surface area contributed by atoms with E-state index >= 15 is 0 Å². The number of aliphatic carboxylic acids is 1. The Morgan fingerprint density at radius 3 is 2.43 bits per heavy atom. The maximum absolute atomic E-state index is 10.8. The standard InChI is InChI=1S/C11H13BrO2/c1-7(8(2)11(13)14)9-5-3-4-6-10(9)12/h3-8H,1-2H3,(H,13,14). The smallest absolute Gasteiger partial charge is 0.306 e. The van der Waals surface area contributed by atoms with Gasteiger partial charge in [-0.15, -0.1) is 0 Å². The van der Waals surface area contributed by atoms with Gasteiger partial charge in [0.1, 0.15) is 0 Å². The summed E-state index contributed by atoms with van der Waals surface area (Å²) in [5.41, 5.74) is 1.04. The van der Waals surface area contributed by atoms with Gasteiger partial charge in [0, 0.05) is 4.47 Å². The molecule has 0 spiro atoms. The molecule has 1 aromatic rings. The highest BCUT2D eigenvalue weighted by molar-refractivity contribution is 9.10. The van der Waals surface area contributed by atoms with Crippen LogP contribution in [0.4, 0.5) is 0 Å². The number of carboxylic acids is 1. The van der Waals surface area contributed by atoms with Gasteiger partial charge in [0.25, 0.3) is 0 Å². The Hall–Kier alpha value is -0.830. The topological polar surface area (TPSA) is 37.3 Å². The van der Waals surface area contributed by atoms with Crippen molar-refractivity contribution in [2.75, 3.05) is 0 Å². The first-order valence-electron chi connectivity index (χ1n) is 4.51. The van der Waals surface area contributed by atoms with Crippen LogP contribution >= 0.6 is 15.9 Å². The molecule has 2 atom stereocenters. The van der Waals surface area contributed by atoms with E-state index < -0.39 is 5.97 Å². The van der Waals surface area contributed by atoms with Gasteiger partial charge in [0.15, 0.2) is 0 Å². The average molecular weight is 257 g/mol. The molecule has 0 amide bonds. The molecule has 76 valence electrons. The van der Waals surface area contributed by atoms with Gasteiger partial charge in [-0.25, -0.2) is 0 Å². The van der Waals surface area contributed by atoms with Gasteiger partial charge < -0.3 is 5.11 Å². The van der Waals surface area contributed by atoms with E-state index in [0.717, 1.165) is 10.0 Å². The minimum atomic E-state index is -0.756. The minimum Gasteiger partial charge on any atom is -0.481 e. The molecule has 0 aliphatic heterocycles. The summed E-state index contributed by atoms with van der Waals surface area (Å²) in [5, 5.41) is 8.89. The Balaban J connectivity index is 2.94. The highest BCUT2D eigenvalue weighted by atomic mass is 79.9. The van der Waals surface area contributed by atoms with Crippen molar-refractivity contribution in [1.29, 1.82) is 0 Å². The van der Waals surface area contributed by atoms with Crippen molar-refractivity contribution in [3.63, 3.8) is 0 Å². The predicted octanol–water partition coefficient (Wildman–Crippen LogP) is 3.27. The average Bonchev–Trinajstić information content (AvgIpc) is 2.16. The molecular formula is C11H13BrO2. The second kappa shape index (κ2) is 4.60. The number of benzene rings is 1. The Morgan fingerprint density at radius 1 is 1.36 bits per heavy atom.